The van der Waals surface area contributed by atoms with Crippen LogP contribution in [0.15, 0.2) is 154 Å². The lowest BCUT2D eigenvalue weighted by Gasteiger charge is -2.51. The van der Waals surface area contributed by atoms with E-state index in [0.29, 0.717) is 47.3 Å². The van der Waals surface area contributed by atoms with Gasteiger partial charge in [-0.2, -0.15) is 9.97 Å². The highest BCUT2D eigenvalue weighted by Crippen LogP contribution is 2.47. The molecule has 11 heterocycles. The number of hydrogen-bond acceptors (Lipinski definition) is 11. The summed E-state index contributed by atoms with van der Waals surface area (Å²) in [7, 11) is 0. The summed E-state index contributed by atoms with van der Waals surface area (Å²) in [6.45, 7) is 19.8. The number of hydrogen-bond donors (Lipinski definition) is 1. The van der Waals surface area contributed by atoms with Crippen molar-refractivity contribution >= 4 is 32.7 Å². The van der Waals surface area contributed by atoms with E-state index in [4.69, 9.17) is 39.1 Å². The van der Waals surface area contributed by atoms with Crippen molar-refractivity contribution in [3.8, 4) is 17.8 Å². The van der Waals surface area contributed by atoms with E-state index in [1.54, 1.807) is 0 Å². The van der Waals surface area contributed by atoms with E-state index in [2.05, 4.69) is 133 Å². The zero-order valence-electron chi connectivity index (χ0n) is 42.1. The molecule has 3 aromatic carbocycles. The van der Waals surface area contributed by atoms with Crippen LogP contribution in [-0.4, -0.2) is 85.6 Å². The zero-order chi connectivity index (χ0) is 49.4. The molecule has 4 bridgehead atoms. The molecule has 14 atom stereocenters. The van der Waals surface area contributed by atoms with E-state index >= 15 is 0 Å². The Labute approximate surface area is 429 Å². The molecule has 14 rings (SSSR count). The SMILES string of the molecule is C=C[C@H](CC)C1CCN[C@@H](C(Oc2nc(O[C@@H](c3ccnc4ccccc34)[C@H]3CC4CCN3C[C@H]4C=C)cc(O[C@@H](c3ccnc4ccccc34)[C@@H]3CC4CCN3C[C@@H]4C=C)n2)c2ccnc3ccccc23)C1. The van der Waals surface area contributed by atoms with E-state index in [-0.39, 0.29) is 24.1 Å². The van der Waals surface area contributed by atoms with Gasteiger partial charge in [-0.15, -0.1) is 19.7 Å². The van der Waals surface area contributed by atoms with Crippen molar-refractivity contribution < 1.29 is 14.2 Å². The highest BCUT2D eigenvalue weighted by Gasteiger charge is 2.46. The van der Waals surface area contributed by atoms with Crippen LogP contribution in [-0.2, 0) is 0 Å². The lowest BCUT2D eigenvalue weighted by atomic mass is 9.73. The lowest BCUT2D eigenvalue weighted by Crippen LogP contribution is -2.55. The predicted octanol–water partition coefficient (Wildman–Crippen LogP) is 11.9. The van der Waals surface area contributed by atoms with Gasteiger partial charge in [0.2, 0.25) is 11.8 Å². The summed E-state index contributed by atoms with van der Waals surface area (Å²) < 4.78 is 22.5. The molecule has 73 heavy (non-hydrogen) atoms. The minimum Gasteiger partial charge on any atom is -0.467 e. The third kappa shape index (κ3) is 9.29. The largest absolute Gasteiger partial charge is 0.467 e. The van der Waals surface area contributed by atoms with Crippen LogP contribution >= 0.6 is 0 Å². The molecule has 0 aliphatic carbocycles. The zero-order valence-corrected chi connectivity index (χ0v) is 42.1. The average molecular weight is 973 g/mol. The number of rotatable bonds is 17. The average Bonchev–Trinajstić information content (AvgIpc) is 3.45. The van der Waals surface area contributed by atoms with Gasteiger partial charge < -0.3 is 19.5 Å². The number of para-hydroxylation sites is 3. The third-order valence-corrected chi connectivity index (χ3v) is 17.6. The first kappa shape index (κ1) is 47.5. The summed E-state index contributed by atoms with van der Waals surface area (Å²) in [6.07, 6.45) is 18.2. The minimum atomic E-state index is -0.479. The molecule has 4 aromatic heterocycles. The fourth-order valence-corrected chi connectivity index (χ4v) is 13.8. The van der Waals surface area contributed by atoms with Crippen LogP contribution in [0, 0.1) is 35.5 Å². The van der Waals surface area contributed by atoms with Gasteiger partial charge in [0.25, 0.3) is 0 Å². The first-order valence-electron chi connectivity index (χ1n) is 27.0. The van der Waals surface area contributed by atoms with Gasteiger partial charge in [0.15, 0.2) is 0 Å². The Balaban J connectivity index is 1.01. The number of piperidine rings is 7. The van der Waals surface area contributed by atoms with Crippen molar-refractivity contribution in [2.75, 3.05) is 32.7 Å². The van der Waals surface area contributed by atoms with Crippen LogP contribution in [0.2, 0.25) is 0 Å². The quantitative estimate of drug-likeness (QED) is 0.0881. The minimum absolute atomic E-state index is 0.0604. The molecule has 7 aliphatic heterocycles. The van der Waals surface area contributed by atoms with Crippen LogP contribution in [0.1, 0.15) is 86.9 Å². The third-order valence-electron chi connectivity index (χ3n) is 17.6. The highest BCUT2D eigenvalue weighted by atomic mass is 16.5. The van der Waals surface area contributed by atoms with Crippen LogP contribution < -0.4 is 19.5 Å². The monoisotopic (exact) mass is 973 g/mol. The summed E-state index contributed by atoms with van der Waals surface area (Å²) in [5.41, 5.74) is 5.96. The summed E-state index contributed by atoms with van der Waals surface area (Å²) in [6, 6.07) is 33.7. The number of allylic oxidation sites excluding steroid dienone is 1. The Morgan fingerprint density at radius 2 is 1.08 bits per heavy atom. The van der Waals surface area contributed by atoms with Gasteiger partial charge in [-0.1, -0.05) is 79.7 Å². The molecule has 11 nitrogen and oxygen atoms in total. The number of nitrogens with one attached hydrogen (secondary N) is 1. The van der Waals surface area contributed by atoms with Gasteiger partial charge in [0, 0.05) is 70.6 Å². The second-order valence-electron chi connectivity index (χ2n) is 21.3. The van der Waals surface area contributed by atoms with Crippen LogP contribution in [0.25, 0.3) is 32.7 Å². The normalized spacial score (nSPS) is 28.2. The molecule has 11 heteroatoms. The number of fused-ring (bicyclic) bond motifs is 9. The number of pyridine rings is 3. The molecule has 7 fully saturated rings. The molecule has 0 spiro atoms. The predicted molar refractivity (Wildman–Crippen MR) is 289 cm³/mol. The smallest absolute Gasteiger partial charge is 0.323 e. The maximum Gasteiger partial charge on any atom is 0.323 e. The van der Waals surface area contributed by atoms with Crippen LogP contribution in [0.5, 0.6) is 17.8 Å². The van der Waals surface area contributed by atoms with Gasteiger partial charge in [-0.25, -0.2) is 0 Å². The Morgan fingerprint density at radius 1 is 0.603 bits per heavy atom. The van der Waals surface area contributed by atoms with E-state index in [0.717, 1.165) is 127 Å². The first-order chi connectivity index (χ1) is 36.0. The van der Waals surface area contributed by atoms with Crippen molar-refractivity contribution in [3.05, 3.63) is 170 Å². The molecule has 374 valence electrons. The molecular formula is C62H68N8O3. The van der Waals surface area contributed by atoms with Gasteiger partial charge in [-0.3, -0.25) is 24.8 Å². The Hall–Kier alpha value is -6.53. The molecular weight excluding hydrogens is 905 g/mol. The molecule has 7 aliphatic rings. The number of nitrogens with zero attached hydrogens (tertiary/aromatic N) is 7. The molecule has 7 aromatic rings. The van der Waals surface area contributed by atoms with Gasteiger partial charge in [0.05, 0.1) is 34.7 Å². The molecule has 7 saturated heterocycles. The van der Waals surface area contributed by atoms with E-state index < -0.39 is 18.3 Å². The number of ether oxygens (including phenoxy) is 3. The van der Waals surface area contributed by atoms with Gasteiger partial charge in [-0.05, 0) is 136 Å². The Kier molecular flexibility index (Phi) is 13.5. The van der Waals surface area contributed by atoms with E-state index in [9.17, 15) is 0 Å². The van der Waals surface area contributed by atoms with Crippen molar-refractivity contribution in [1.29, 1.82) is 0 Å². The van der Waals surface area contributed by atoms with Crippen LogP contribution in [0.4, 0.5) is 0 Å². The second kappa shape index (κ2) is 20.8. The molecule has 1 N–H and O–H groups in total. The highest BCUT2D eigenvalue weighted by molar-refractivity contribution is 5.84. The number of benzene rings is 3. The standard InChI is InChI=1S/C62H68N8O3/c1-5-39(6-2)42-21-27-66-54(33-42)59(48-22-28-63-51-18-12-9-15-45(48)51)73-62-67-57(71-60(49-23-29-64-52-19-13-10-16-46(49)52)55-34-43-25-31-69(55)37-40(43)7-3)36-58(68-62)72-61(50-24-30-65-53-20-14-11-17-47(50)53)56-35-44-26-32-70(56)38-41(44)8-4/h5,7-20,22-24,28-30,36,39-44,54-56,59-61,66H,1,3-4,6,21,25-27,31-35,37-38H2,2H3/t39-,40-,41+,42?,43?,44?,54-,55-,56+,59?,60+,61+/m1/s1. The number of aromatic nitrogens is 5. The Morgan fingerprint density at radius 3 is 1.52 bits per heavy atom. The van der Waals surface area contributed by atoms with Crippen molar-refractivity contribution in [1.82, 2.24) is 40.0 Å². The molecule has 0 amide bonds. The fraction of sp³-hybridized carbons (Fsp3) is 0.403. The summed E-state index contributed by atoms with van der Waals surface area (Å²) in [5.74, 6) is 3.56. The van der Waals surface area contributed by atoms with Gasteiger partial charge in [0.1, 0.15) is 18.3 Å². The van der Waals surface area contributed by atoms with Gasteiger partial charge >= 0.3 is 6.01 Å². The molecule has 0 radical (unpaired) electrons. The van der Waals surface area contributed by atoms with Crippen molar-refractivity contribution in [3.63, 3.8) is 0 Å². The van der Waals surface area contributed by atoms with Crippen molar-refractivity contribution in [2.24, 2.45) is 35.5 Å². The summed E-state index contributed by atoms with van der Waals surface area (Å²) >= 11 is 0. The first-order valence-corrected chi connectivity index (χ1v) is 27.0. The Bertz CT molecular complexity index is 2970. The second-order valence-corrected chi connectivity index (χ2v) is 21.3. The van der Waals surface area contributed by atoms with E-state index in [1.807, 2.05) is 42.9 Å². The van der Waals surface area contributed by atoms with Crippen LogP contribution in [0.3, 0.4) is 0 Å². The maximum absolute atomic E-state index is 7.54. The van der Waals surface area contributed by atoms with Crippen molar-refractivity contribution in [2.45, 2.75) is 88.3 Å². The fourth-order valence-electron chi connectivity index (χ4n) is 13.8. The lowest BCUT2D eigenvalue weighted by molar-refractivity contribution is -0.0397. The van der Waals surface area contributed by atoms with E-state index in [1.165, 1.54) is 0 Å². The molecule has 6 unspecified atom stereocenters. The maximum atomic E-state index is 7.54. The summed E-state index contributed by atoms with van der Waals surface area (Å²) in [4.78, 5) is 30.3. The topological polar surface area (TPSA) is 111 Å². The molecule has 0 saturated carbocycles. The summed E-state index contributed by atoms with van der Waals surface area (Å²) in [5, 5.41) is 7.07.